The highest BCUT2D eigenvalue weighted by Crippen LogP contribution is 2.08. The second-order valence-electron chi connectivity index (χ2n) is 4.30. The van der Waals surface area contributed by atoms with Crippen LogP contribution in [0.4, 0.5) is 0 Å². The van der Waals surface area contributed by atoms with Crippen LogP contribution in [-0.4, -0.2) is 43.1 Å². The summed E-state index contributed by atoms with van der Waals surface area (Å²) in [7, 11) is 0. The van der Waals surface area contributed by atoms with Crippen LogP contribution in [0.15, 0.2) is 30.3 Å². The van der Waals surface area contributed by atoms with Gasteiger partial charge in [0.05, 0.1) is 0 Å². The van der Waals surface area contributed by atoms with Crippen molar-refractivity contribution in [3.05, 3.63) is 30.3 Å². The minimum Gasteiger partial charge on any atom is -0.484 e. The molecule has 0 aliphatic carbocycles. The van der Waals surface area contributed by atoms with E-state index in [4.69, 9.17) is 4.74 Å². The predicted octanol–water partition coefficient (Wildman–Crippen LogP) is 1.31. The maximum atomic E-state index is 11.9. The number of hydrogen-bond acceptors (Lipinski definition) is 3. The molecule has 1 heterocycles. The van der Waals surface area contributed by atoms with Gasteiger partial charge in [0.25, 0.3) is 5.91 Å². The van der Waals surface area contributed by atoms with Crippen molar-refractivity contribution in [2.24, 2.45) is 0 Å². The zero-order valence-corrected chi connectivity index (χ0v) is 11.3. The quantitative estimate of drug-likeness (QED) is 0.900. The Balaban J connectivity index is 0.00000162. The number of piperazine rings is 1. The zero-order chi connectivity index (χ0) is 12.1. The Labute approximate surface area is 114 Å². The molecule has 1 atom stereocenters. The van der Waals surface area contributed by atoms with Gasteiger partial charge >= 0.3 is 0 Å². The SMILES string of the molecule is C[C@H]1CN(C(=O)COc2ccccc2)CCN1.Cl. The number of rotatable bonds is 3. The van der Waals surface area contributed by atoms with E-state index in [1.807, 2.05) is 35.2 Å². The molecule has 0 aromatic heterocycles. The Morgan fingerprint density at radius 3 is 2.83 bits per heavy atom. The summed E-state index contributed by atoms with van der Waals surface area (Å²) < 4.78 is 5.44. The highest BCUT2D eigenvalue weighted by Gasteiger charge is 2.20. The van der Waals surface area contributed by atoms with E-state index >= 15 is 0 Å². The molecule has 0 bridgehead atoms. The van der Waals surface area contributed by atoms with Gasteiger partial charge in [-0.3, -0.25) is 4.79 Å². The maximum absolute atomic E-state index is 11.9. The first-order chi connectivity index (χ1) is 8.25. The van der Waals surface area contributed by atoms with Crippen LogP contribution >= 0.6 is 12.4 Å². The van der Waals surface area contributed by atoms with Crippen molar-refractivity contribution >= 4 is 18.3 Å². The summed E-state index contributed by atoms with van der Waals surface area (Å²) in [6.45, 7) is 4.59. The highest BCUT2D eigenvalue weighted by atomic mass is 35.5. The average Bonchev–Trinajstić information content (AvgIpc) is 2.37. The van der Waals surface area contributed by atoms with Crippen LogP contribution in [0.1, 0.15) is 6.92 Å². The molecule has 1 aliphatic rings. The number of nitrogens with one attached hydrogen (secondary N) is 1. The monoisotopic (exact) mass is 270 g/mol. The Morgan fingerprint density at radius 2 is 2.17 bits per heavy atom. The summed E-state index contributed by atoms with van der Waals surface area (Å²) in [5.74, 6) is 0.797. The van der Waals surface area contributed by atoms with Crippen molar-refractivity contribution in [1.29, 1.82) is 0 Å². The standard InChI is InChI=1S/C13H18N2O2.ClH/c1-11-9-15(8-7-14-11)13(16)10-17-12-5-3-2-4-6-12;/h2-6,11,14H,7-10H2,1H3;1H/t11-;/m0./s1. The van der Waals surface area contributed by atoms with Crippen molar-refractivity contribution in [2.45, 2.75) is 13.0 Å². The number of para-hydroxylation sites is 1. The fourth-order valence-corrected chi connectivity index (χ4v) is 1.91. The number of hydrogen-bond donors (Lipinski definition) is 1. The van der Waals surface area contributed by atoms with Gasteiger partial charge in [0, 0.05) is 25.7 Å². The molecule has 4 nitrogen and oxygen atoms in total. The lowest BCUT2D eigenvalue weighted by Gasteiger charge is -2.31. The maximum Gasteiger partial charge on any atom is 0.260 e. The fourth-order valence-electron chi connectivity index (χ4n) is 1.91. The molecule has 2 rings (SSSR count). The number of halogens is 1. The molecule has 0 radical (unpaired) electrons. The molecule has 1 aromatic carbocycles. The zero-order valence-electron chi connectivity index (χ0n) is 10.5. The highest BCUT2D eigenvalue weighted by molar-refractivity contribution is 5.85. The molecule has 0 spiro atoms. The van der Waals surface area contributed by atoms with E-state index in [1.54, 1.807) is 0 Å². The molecule has 1 N–H and O–H groups in total. The van der Waals surface area contributed by atoms with Gasteiger partial charge in [-0.2, -0.15) is 0 Å². The summed E-state index contributed by atoms with van der Waals surface area (Å²) in [6, 6.07) is 9.79. The number of benzene rings is 1. The van der Waals surface area contributed by atoms with E-state index in [0.29, 0.717) is 6.04 Å². The van der Waals surface area contributed by atoms with E-state index in [2.05, 4.69) is 12.2 Å². The first-order valence-electron chi connectivity index (χ1n) is 5.95. The van der Waals surface area contributed by atoms with E-state index in [9.17, 15) is 4.79 Å². The number of carbonyl (C=O) groups is 1. The Morgan fingerprint density at radius 1 is 1.44 bits per heavy atom. The molecule has 1 saturated heterocycles. The van der Waals surface area contributed by atoms with Crippen LogP contribution in [0, 0.1) is 0 Å². The Bertz CT molecular complexity index is 373. The summed E-state index contributed by atoms with van der Waals surface area (Å²) in [5.41, 5.74) is 0. The molecular weight excluding hydrogens is 252 g/mol. The van der Waals surface area contributed by atoms with Gasteiger partial charge < -0.3 is 15.0 Å². The second kappa shape index (κ2) is 7.24. The van der Waals surface area contributed by atoms with Crippen molar-refractivity contribution in [1.82, 2.24) is 10.2 Å². The van der Waals surface area contributed by atoms with E-state index in [1.165, 1.54) is 0 Å². The van der Waals surface area contributed by atoms with Gasteiger partial charge in [0.1, 0.15) is 5.75 Å². The predicted molar refractivity (Wildman–Crippen MR) is 73.2 cm³/mol. The third-order valence-corrected chi connectivity index (χ3v) is 2.83. The van der Waals surface area contributed by atoms with Crippen LogP contribution < -0.4 is 10.1 Å². The van der Waals surface area contributed by atoms with Gasteiger partial charge in [-0.05, 0) is 19.1 Å². The third-order valence-electron chi connectivity index (χ3n) is 2.83. The minimum absolute atomic E-state index is 0. The van der Waals surface area contributed by atoms with Crippen LogP contribution in [0.25, 0.3) is 0 Å². The lowest BCUT2D eigenvalue weighted by Crippen LogP contribution is -2.52. The van der Waals surface area contributed by atoms with Gasteiger partial charge in [-0.1, -0.05) is 18.2 Å². The molecule has 100 valence electrons. The number of amides is 1. The van der Waals surface area contributed by atoms with Gasteiger partial charge in [-0.25, -0.2) is 0 Å². The van der Waals surface area contributed by atoms with Gasteiger partial charge in [0.2, 0.25) is 0 Å². The minimum atomic E-state index is 0. The largest absolute Gasteiger partial charge is 0.484 e. The van der Waals surface area contributed by atoms with Crippen molar-refractivity contribution in [3.63, 3.8) is 0 Å². The number of ether oxygens (including phenoxy) is 1. The third kappa shape index (κ3) is 4.20. The molecule has 0 unspecified atom stereocenters. The number of carbonyl (C=O) groups excluding carboxylic acids is 1. The molecule has 1 fully saturated rings. The summed E-state index contributed by atoms with van der Waals surface area (Å²) in [6.07, 6.45) is 0. The molecule has 1 aliphatic heterocycles. The van der Waals surface area contributed by atoms with Crippen LogP contribution in [0.5, 0.6) is 5.75 Å². The molecule has 1 amide bonds. The topological polar surface area (TPSA) is 41.6 Å². The molecule has 0 saturated carbocycles. The lowest BCUT2D eigenvalue weighted by molar-refractivity contribution is -0.134. The van der Waals surface area contributed by atoms with E-state index in [-0.39, 0.29) is 24.9 Å². The van der Waals surface area contributed by atoms with Crippen LogP contribution in [-0.2, 0) is 4.79 Å². The Hall–Kier alpha value is -1.26. The Kier molecular flexibility index (Phi) is 5.95. The first-order valence-corrected chi connectivity index (χ1v) is 5.95. The van der Waals surface area contributed by atoms with Crippen molar-refractivity contribution in [3.8, 4) is 5.75 Å². The molecule has 5 heteroatoms. The van der Waals surface area contributed by atoms with Crippen molar-refractivity contribution < 1.29 is 9.53 Å². The number of nitrogens with zero attached hydrogens (tertiary/aromatic N) is 1. The lowest BCUT2D eigenvalue weighted by atomic mass is 10.2. The molecular formula is C13H19ClN2O2. The normalized spacial score (nSPS) is 18.9. The van der Waals surface area contributed by atoms with Crippen LogP contribution in [0.3, 0.4) is 0 Å². The summed E-state index contributed by atoms with van der Waals surface area (Å²) in [5, 5.41) is 3.31. The summed E-state index contributed by atoms with van der Waals surface area (Å²) >= 11 is 0. The average molecular weight is 271 g/mol. The summed E-state index contributed by atoms with van der Waals surface area (Å²) in [4.78, 5) is 13.7. The fraction of sp³-hybridized carbons (Fsp3) is 0.462. The van der Waals surface area contributed by atoms with Crippen molar-refractivity contribution in [2.75, 3.05) is 26.2 Å². The molecule has 1 aromatic rings. The second-order valence-corrected chi connectivity index (χ2v) is 4.30. The van der Waals surface area contributed by atoms with Gasteiger partial charge in [0.15, 0.2) is 6.61 Å². The van der Waals surface area contributed by atoms with E-state index in [0.717, 1.165) is 25.4 Å². The van der Waals surface area contributed by atoms with Gasteiger partial charge in [-0.15, -0.1) is 12.4 Å². The van der Waals surface area contributed by atoms with E-state index < -0.39 is 0 Å². The smallest absolute Gasteiger partial charge is 0.260 e. The van der Waals surface area contributed by atoms with Crippen LogP contribution in [0.2, 0.25) is 0 Å². The molecule has 18 heavy (non-hydrogen) atoms. The first kappa shape index (κ1) is 14.8.